The van der Waals surface area contributed by atoms with Gasteiger partial charge < -0.3 is 4.90 Å². The van der Waals surface area contributed by atoms with Crippen molar-refractivity contribution >= 4 is 17.5 Å². The summed E-state index contributed by atoms with van der Waals surface area (Å²) in [5.41, 5.74) is -0.429. The van der Waals surface area contributed by atoms with Crippen molar-refractivity contribution in [3.63, 3.8) is 0 Å². The largest absolute Gasteiger partial charge is 0.350 e. The molecule has 1 atom stereocenters. The Labute approximate surface area is 130 Å². The Bertz CT molecular complexity index is 784. The van der Waals surface area contributed by atoms with Crippen LogP contribution in [0.15, 0.2) is 33.9 Å². The maximum absolute atomic E-state index is 12.1. The fourth-order valence-electron chi connectivity index (χ4n) is 2.57. The summed E-state index contributed by atoms with van der Waals surface area (Å²) in [7, 11) is 0. The first kappa shape index (κ1) is 14.5. The Hall–Kier alpha value is -2.41. The van der Waals surface area contributed by atoms with Crippen LogP contribution >= 0.6 is 11.6 Å². The number of benzene rings is 1. The van der Waals surface area contributed by atoms with Crippen LogP contribution in [0.2, 0.25) is 5.02 Å². The number of amides is 1. The van der Waals surface area contributed by atoms with Crippen LogP contribution in [0.1, 0.15) is 30.3 Å². The number of aromatic nitrogens is 3. The number of H-pyrrole nitrogens is 2. The van der Waals surface area contributed by atoms with Crippen LogP contribution < -0.4 is 11.4 Å². The molecule has 1 unspecified atom stereocenters. The zero-order valence-corrected chi connectivity index (χ0v) is 12.3. The first-order chi connectivity index (χ1) is 10.5. The normalized spacial score (nSPS) is 18.0. The van der Waals surface area contributed by atoms with E-state index < -0.39 is 17.4 Å². The number of carbonyl (C=O) groups is 1. The summed E-state index contributed by atoms with van der Waals surface area (Å²) in [5.74, 6) is 0.177. The summed E-state index contributed by atoms with van der Waals surface area (Å²) < 4.78 is 0. The predicted molar refractivity (Wildman–Crippen MR) is 79.5 cm³/mol. The summed E-state index contributed by atoms with van der Waals surface area (Å²) >= 11 is 5.85. The highest BCUT2D eigenvalue weighted by atomic mass is 35.5. The third kappa shape index (κ3) is 2.94. The molecule has 1 fully saturated rings. The molecule has 0 radical (unpaired) electrons. The van der Waals surface area contributed by atoms with Gasteiger partial charge in [0.1, 0.15) is 5.82 Å². The smallest absolute Gasteiger partial charge is 0.328 e. The van der Waals surface area contributed by atoms with Gasteiger partial charge in [-0.05, 0) is 24.1 Å². The third-order valence-corrected chi connectivity index (χ3v) is 3.85. The van der Waals surface area contributed by atoms with E-state index in [-0.39, 0.29) is 11.7 Å². The molecule has 114 valence electrons. The molecular weight excluding hydrogens is 308 g/mol. The first-order valence-corrected chi connectivity index (χ1v) is 7.15. The summed E-state index contributed by atoms with van der Waals surface area (Å²) in [6.45, 7) is 0.372. The molecule has 3 rings (SSSR count). The van der Waals surface area contributed by atoms with E-state index >= 15 is 0 Å². The van der Waals surface area contributed by atoms with E-state index in [0.29, 0.717) is 24.4 Å². The Kier molecular flexibility index (Phi) is 3.81. The topological polar surface area (TPSA) is 98.9 Å². The van der Waals surface area contributed by atoms with Crippen LogP contribution in [0.5, 0.6) is 0 Å². The highest BCUT2D eigenvalue weighted by molar-refractivity contribution is 6.30. The number of aromatic amines is 2. The number of hydrogen-bond acceptors (Lipinski definition) is 4. The maximum Gasteiger partial charge on any atom is 0.350 e. The van der Waals surface area contributed by atoms with Crippen molar-refractivity contribution in [1.82, 2.24) is 19.9 Å². The second kappa shape index (κ2) is 5.76. The Balaban J connectivity index is 1.90. The first-order valence-electron chi connectivity index (χ1n) is 6.77. The third-order valence-electron chi connectivity index (χ3n) is 3.59. The Morgan fingerprint density at radius 3 is 2.59 bits per heavy atom. The van der Waals surface area contributed by atoms with Crippen LogP contribution in [0, 0.1) is 0 Å². The van der Waals surface area contributed by atoms with Gasteiger partial charge in [0, 0.05) is 18.0 Å². The molecule has 1 aromatic carbocycles. The molecule has 2 N–H and O–H groups in total. The van der Waals surface area contributed by atoms with Crippen molar-refractivity contribution < 1.29 is 4.79 Å². The van der Waals surface area contributed by atoms with E-state index in [9.17, 15) is 14.4 Å². The molecule has 7 nitrogen and oxygen atoms in total. The minimum atomic E-state index is -0.718. The summed E-state index contributed by atoms with van der Waals surface area (Å²) in [4.78, 5) is 44.7. The maximum atomic E-state index is 12.1. The molecule has 1 aromatic heterocycles. The molecule has 2 heterocycles. The van der Waals surface area contributed by atoms with Crippen LogP contribution in [0.4, 0.5) is 0 Å². The zero-order valence-electron chi connectivity index (χ0n) is 11.5. The van der Waals surface area contributed by atoms with Gasteiger partial charge in [-0.2, -0.15) is 4.98 Å². The van der Waals surface area contributed by atoms with Gasteiger partial charge in [-0.3, -0.25) is 14.8 Å². The highest BCUT2D eigenvalue weighted by Crippen LogP contribution is 2.31. The summed E-state index contributed by atoms with van der Waals surface area (Å²) in [6.07, 6.45) is 0.869. The Morgan fingerprint density at radius 2 is 1.91 bits per heavy atom. The van der Waals surface area contributed by atoms with E-state index in [0.717, 1.165) is 5.56 Å². The Morgan fingerprint density at radius 1 is 1.18 bits per heavy atom. The number of carbonyl (C=O) groups excluding carboxylic acids is 1. The number of rotatable bonds is 3. The molecule has 1 amide bonds. The van der Waals surface area contributed by atoms with E-state index in [2.05, 4.69) is 9.97 Å². The van der Waals surface area contributed by atoms with Gasteiger partial charge in [0.2, 0.25) is 5.91 Å². The second-order valence-electron chi connectivity index (χ2n) is 5.08. The molecule has 1 aliphatic heterocycles. The lowest BCUT2D eigenvalue weighted by atomic mass is 10.1. The molecule has 2 aromatic rings. The monoisotopic (exact) mass is 320 g/mol. The minimum Gasteiger partial charge on any atom is -0.328 e. The SMILES string of the molecule is O=C1CCC(c2nc(=O)[nH]c(=O)[nH]2)N1Cc1ccc(Cl)cc1. The van der Waals surface area contributed by atoms with Crippen molar-refractivity contribution in [1.29, 1.82) is 0 Å². The van der Waals surface area contributed by atoms with Crippen LogP contribution in [-0.2, 0) is 11.3 Å². The molecule has 8 heteroatoms. The minimum absolute atomic E-state index is 0.0390. The molecular formula is C14H13ClN4O3. The van der Waals surface area contributed by atoms with Gasteiger partial charge in [-0.25, -0.2) is 9.59 Å². The van der Waals surface area contributed by atoms with E-state index in [1.54, 1.807) is 17.0 Å². The fourth-order valence-corrected chi connectivity index (χ4v) is 2.70. The number of nitrogens with zero attached hydrogens (tertiary/aromatic N) is 2. The van der Waals surface area contributed by atoms with Crippen LogP contribution in [0.3, 0.4) is 0 Å². The zero-order chi connectivity index (χ0) is 15.7. The molecule has 22 heavy (non-hydrogen) atoms. The number of halogens is 1. The predicted octanol–water partition coefficient (Wildman–Crippen LogP) is 0.975. The molecule has 0 spiro atoms. The van der Waals surface area contributed by atoms with Crippen molar-refractivity contribution in [2.45, 2.75) is 25.4 Å². The highest BCUT2D eigenvalue weighted by Gasteiger charge is 2.33. The molecule has 0 aliphatic carbocycles. The molecule has 1 saturated heterocycles. The van der Waals surface area contributed by atoms with Gasteiger partial charge in [-0.15, -0.1) is 0 Å². The summed E-state index contributed by atoms with van der Waals surface area (Å²) in [6, 6.07) is 6.76. The van der Waals surface area contributed by atoms with Crippen LogP contribution in [-0.4, -0.2) is 25.8 Å². The van der Waals surface area contributed by atoms with Gasteiger partial charge >= 0.3 is 11.4 Å². The lowest BCUT2D eigenvalue weighted by Crippen LogP contribution is -2.33. The quantitative estimate of drug-likeness (QED) is 0.880. The lowest BCUT2D eigenvalue weighted by molar-refractivity contribution is -0.129. The number of nitrogens with one attached hydrogen (secondary N) is 2. The molecule has 0 bridgehead atoms. The average Bonchev–Trinajstić information content (AvgIpc) is 2.82. The van der Waals surface area contributed by atoms with Crippen molar-refractivity contribution in [2.75, 3.05) is 0 Å². The van der Waals surface area contributed by atoms with Gasteiger partial charge in [0.25, 0.3) is 0 Å². The van der Waals surface area contributed by atoms with Gasteiger partial charge in [-0.1, -0.05) is 23.7 Å². The number of hydrogen-bond donors (Lipinski definition) is 2. The van der Waals surface area contributed by atoms with Gasteiger partial charge in [0.05, 0.1) is 6.04 Å². The van der Waals surface area contributed by atoms with E-state index in [1.807, 2.05) is 17.1 Å². The number of likely N-dealkylation sites (tertiary alicyclic amines) is 1. The molecule has 0 saturated carbocycles. The van der Waals surface area contributed by atoms with Gasteiger partial charge in [0.15, 0.2) is 0 Å². The van der Waals surface area contributed by atoms with Crippen molar-refractivity contribution in [2.24, 2.45) is 0 Å². The van der Waals surface area contributed by atoms with Crippen LogP contribution in [0.25, 0.3) is 0 Å². The average molecular weight is 321 g/mol. The second-order valence-corrected chi connectivity index (χ2v) is 5.52. The summed E-state index contributed by atoms with van der Waals surface area (Å²) in [5, 5.41) is 0.619. The lowest BCUT2D eigenvalue weighted by Gasteiger charge is -2.23. The van der Waals surface area contributed by atoms with Crippen molar-refractivity contribution in [3.05, 3.63) is 61.6 Å². The van der Waals surface area contributed by atoms with E-state index in [4.69, 9.17) is 11.6 Å². The molecule has 1 aliphatic rings. The fraction of sp³-hybridized carbons (Fsp3) is 0.286. The van der Waals surface area contributed by atoms with E-state index in [1.165, 1.54) is 0 Å². The standard InChI is InChI=1S/C14H13ClN4O3/c15-9-3-1-8(2-4-9)7-19-10(5-6-11(19)20)12-16-13(21)18-14(22)17-12/h1-4,10H,5-7H2,(H2,16,17,18,21,22). The van der Waals surface area contributed by atoms with Crippen molar-refractivity contribution in [3.8, 4) is 0 Å².